The highest BCUT2D eigenvalue weighted by Gasteiger charge is 2.37. The SMILES string of the molecule is C=CCOC(=O)C1C(=O)Nc2ccccc21. The third-order valence-corrected chi connectivity index (χ3v) is 2.37. The fraction of sp³-hybridized carbons (Fsp3) is 0.167. The van der Waals surface area contributed by atoms with E-state index in [0.717, 1.165) is 0 Å². The predicted octanol–water partition coefficient (Wildman–Crippen LogP) is 1.45. The second-order valence-corrected chi connectivity index (χ2v) is 3.43. The molecule has 82 valence electrons. The summed E-state index contributed by atoms with van der Waals surface area (Å²) in [5.41, 5.74) is 1.34. The van der Waals surface area contributed by atoms with Crippen molar-refractivity contribution in [3.8, 4) is 0 Å². The van der Waals surface area contributed by atoms with Crippen LogP contribution in [0.1, 0.15) is 11.5 Å². The van der Waals surface area contributed by atoms with Gasteiger partial charge in [-0.15, -0.1) is 0 Å². The first-order chi connectivity index (χ1) is 7.74. The Morgan fingerprint density at radius 2 is 2.25 bits per heavy atom. The summed E-state index contributed by atoms with van der Waals surface area (Å²) in [7, 11) is 0. The van der Waals surface area contributed by atoms with Gasteiger partial charge >= 0.3 is 5.97 Å². The zero-order valence-electron chi connectivity index (χ0n) is 8.60. The van der Waals surface area contributed by atoms with Gasteiger partial charge in [-0.1, -0.05) is 30.9 Å². The van der Waals surface area contributed by atoms with Gasteiger partial charge in [-0.2, -0.15) is 0 Å². The maximum atomic E-state index is 11.6. The number of hydrogen-bond acceptors (Lipinski definition) is 3. The normalized spacial score (nSPS) is 17.5. The van der Waals surface area contributed by atoms with E-state index >= 15 is 0 Å². The van der Waals surface area contributed by atoms with Gasteiger partial charge in [0.25, 0.3) is 0 Å². The molecule has 1 heterocycles. The molecule has 0 bridgehead atoms. The van der Waals surface area contributed by atoms with E-state index in [0.29, 0.717) is 11.3 Å². The van der Waals surface area contributed by atoms with Crippen LogP contribution < -0.4 is 5.32 Å². The average Bonchev–Trinajstić information content (AvgIpc) is 2.62. The van der Waals surface area contributed by atoms with Gasteiger partial charge < -0.3 is 10.1 Å². The number of para-hydroxylation sites is 1. The zero-order valence-corrected chi connectivity index (χ0v) is 8.60. The number of anilines is 1. The highest BCUT2D eigenvalue weighted by Crippen LogP contribution is 2.32. The first kappa shape index (κ1) is 10.4. The molecule has 0 aromatic heterocycles. The molecular weight excluding hydrogens is 206 g/mol. The molecule has 0 saturated carbocycles. The van der Waals surface area contributed by atoms with Crippen LogP contribution in [0.15, 0.2) is 36.9 Å². The molecule has 0 aliphatic carbocycles. The van der Waals surface area contributed by atoms with Crippen LogP contribution in [0.25, 0.3) is 0 Å². The van der Waals surface area contributed by atoms with Gasteiger partial charge in [-0.05, 0) is 11.6 Å². The van der Waals surface area contributed by atoms with Gasteiger partial charge in [0, 0.05) is 5.69 Å². The summed E-state index contributed by atoms with van der Waals surface area (Å²) in [4.78, 5) is 23.2. The molecule has 0 spiro atoms. The summed E-state index contributed by atoms with van der Waals surface area (Å²) in [5, 5.41) is 2.64. The summed E-state index contributed by atoms with van der Waals surface area (Å²) in [6.07, 6.45) is 1.47. The van der Waals surface area contributed by atoms with E-state index in [-0.39, 0.29) is 12.5 Å². The van der Waals surface area contributed by atoms with Crippen LogP contribution in [-0.4, -0.2) is 18.5 Å². The second kappa shape index (κ2) is 4.18. The first-order valence-electron chi connectivity index (χ1n) is 4.91. The third-order valence-electron chi connectivity index (χ3n) is 2.37. The number of hydrogen-bond donors (Lipinski definition) is 1. The summed E-state index contributed by atoms with van der Waals surface area (Å²) in [6.45, 7) is 3.56. The van der Waals surface area contributed by atoms with E-state index < -0.39 is 11.9 Å². The predicted molar refractivity (Wildman–Crippen MR) is 59.0 cm³/mol. The minimum Gasteiger partial charge on any atom is -0.461 e. The Labute approximate surface area is 92.9 Å². The van der Waals surface area contributed by atoms with Crippen molar-refractivity contribution in [2.45, 2.75) is 5.92 Å². The first-order valence-corrected chi connectivity index (χ1v) is 4.91. The summed E-state index contributed by atoms with van der Waals surface area (Å²) >= 11 is 0. The van der Waals surface area contributed by atoms with E-state index in [1.165, 1.54) is 6.08 Å². The lowest BCUT2D eigenvalue weighted by Gasteiger charge is -2.07. The zero-order chi connectivity index (χ0) is 11.5. The van der Waals surface area contributed by atoms with Crippen molar-refractivity contribution in [3.63, 3.8) is 0 Å². The minimum atomic E-state index is -0.851. The standard InChI is InChI=1S/C12H11NO3/c1-2-7-16-12(15)10-8-5-3-4-6-9(8)13-11(10)14/h2-6,10H,1,7H2,(H,13,14). The molecule has 16 heavy (non-hydrogen) atoms. The van der Waals surface area contributed by atoms with Crippen molar-refractivity contribution in [1.29, 1.82) is 0 Å². The molecule has 0 saturated heterocycles. The molecule has 0 radical (unpaired) electrons. The Morgan fingerprint density at radius 1 is 1.50 bits per heavy atom. The largest absolute Gasteiger partial charge is 0.461 e. The molecule has 1 amide bonds. The fourth-order valence-electron chi connectivity index (χ4n) is 1.67. The smallest absolute Gasteiger partial charge is 0.323 e. The lowest BCUT2D eigenvalue weighted by Crippen LogP contribution is -2.23. The number of fused-ring (bicyclic) bond motifs is 1. The van der Waals surface area contributed by atoms with E-state index in [1.54, 1.807) is 24.3 Å². The van der Waals surface area contributed by atoms with Gasteiger partial charge in [0.1, 0.15) is 6.61 Å². The lowest BCUT2D eigenvalue weighted by molar-refractivity contribution is -0.146. The quantitative estimate of drug-likeness (QED) is 0.473. The third kappa shape index (κ3) is 1.69. The molecule has 2 rings (SSSR count). The van der Waals surface area contributed by atoms with Crippen LogP contribution >= 0.6 is 0 Å². The van der Waals surface area contributed by atoms with Gasteiger partial charge in [0.05, 0.1) is 0 Å². The average molecular weight is 217 g/mol. The van der Waals surface area contributed by atoms with Crippen LogP contribution in [0.5, 0.6) is 0 Å². The molecule has 4 nitrogen and oxygen atoms in total. The van der Waals surface area contributed by atoms with Crippen molar-refractivity contribution >= 4 is 17.6 Å². The van der Waals surface area contributed by atoms with Crippen molar-refractivity contribution in [1.82, 2.24) is 0 Å². The van der Waals surface area contributed by atoms with Gasteiger partial charge in [-0.25, -0.2) is 0 Å². The topological polar surface area (TPSA) is 55.4 Å². The maximum Gasteiger partial charge on any atom is 0.323 e. The molecule has 4 heteroatoms. The molecule has 1 aliphatic rings. The number of amides is 1. The maximum absolute atomic E-state index is 11.6. The number of ether oxygens (including phenoxy) is 1. The van der Waals surface area contributed by atoms with E-state index in [2.05, 4.69) is 11.9 Å². The van der Waals surface area contributed by atoms with Crippen LogP contribution in [0.4, 0.5) is 5.69 Å². The highest BCUT2D eigenvalue weighted by atomic mass is 16.5. The van der Waals surface area contributed by atoms with Crippen LogP contribution in [0.3, 0.4) is 0 Å². The number of nitrogens with one attached hydrogen (secondary N) is 1. The van der Waals surface area contributed by atoms with Crippen molar-refractivity contribution in [2.24, 2.45) is 0 Å². The van der Waals surface area contributed by atoms with E-state index in [4.69, 9.17) is 4.74 Å². The van der Waals surface area contributed by atoms with Crippen molar-refractivity contribution in [3.05, 3.63) is 42.5 Å². The molecular formula is C12H11NO3. The number of carbonyl (C=O) groups is 2. The van der Waals surface area contributed by atoms with Gasteiger partial charge in [0.15, 0.2) is 5.92 Å². The summed E-state index contributed by atoms with van der Waals surface area (Å²) < 4.78 is 4.88. The van der Waals surface area contributed by atoms with Crippen molar-refractivity contribution < 1.29 is 14.3 Å². The Morgan fingerprint density at radius 3 is 3.00 bits per heavy atom. The molecule has 1 N–H and O–H groups in total. The van der Waals surface area contributed by atoms with Crippen LogP contribution in [0.2, 0.25) is 0 Å². The minimum absolute atomic E-state index is 0.116. The Kier molecular flexibility index (Phi) is 2.72. The highest BCUT2D eigenvalue weighted by molar-refractivity contribution is 6.14. The molecule has 1 atom stereocenters. The molecule has 1 aromatic rings. The molecule has 1 aliphatic heterocycles. The van der Waals surface area contributed by atoms with Crippen molar-refractivity contribution in [2.75, 3.05) is 11.9 Å². The Hall–Kier alpha value is -2.10. The summed E-state index contributed by atoms with van der Waals surface area (Å²) in [5.74, 6) is -1.73. The number of rotatable bonds is 3. The number of carbonyl (C=O) groups excluding carboxylic acids is 2. The Balaban J connectivity index is 2.25. The molecule has 1 unspecified atom stereocenters. The summed E-state index contributed by atoms with van der Waals surface area (Å²) in [6, 6.07) is 7.09. The Bertz CT molecular complexity index is 453. The van der Waals surface area contributed by atoms with Crippen LogP contribution in [-0.2, 0) is 14.3 Å². The lowest BCUT2D eigenvalue weighted by atomic mass is 10.0. The van der Waals surface area contributed by atoms with Gasteiger partial charge in [0.2, 0.25) is 5.91 Å². The van der Waals surface area contributed by atoms with Crippen LogP contribution in [0, 0.1) is 0 Å². The fourth-order valence-corrected chi connectivity index (χ4v) is 1.67. The monoisotopic (exact) mass is 217 g/mol. The molecule has 0 fully saturated rings. The number of esters is 1. The number of benzene rings is 1. The van der Waals surface area contributed by atoms with E-state index in [1.807, 2.05) is 0 Å². The van der Waals surface area contributed by atoms with E-state index in [9.17, 15) is 9.59 Å². The second-order valence-electron chi connectivity index (χ2n) is 3.43. The molecule has 1 aromatic carbocycles. The van der Waals surface area contributed by atoms with Gasteiger partial charge in [-0.3, -0.25) is 9.59 Å².